The van der Waals surface area contributed by atoms with E-state index >= 15 is 0 Å². The summed E-state index contributed by atoms with van der Waals surface area (Å²) in [6, 6.07) is 9.28. The molecule has 8 heteroatoms. The highest BCUT2D eigenvalue weighted by atomic mass is 79.9. The summed E-state index contributed by atoms with van der Waals surface area (Å²) in [5.41, 5.74) is 1.39. The molecule has 0 saturated carbocycles. The summed E-state index contributed by atoms with van der Waals surface area (Å²) in [5, 5.41) is 0. The molecule has 2 rings (SSSR count). The van der Waals surface area contributed by atoms with Crippen LogP contribution in [0.15, 0.2) is 45.8 Å². The third-order valence-corrected chi connectivity index (χ3v) is 6.14. The zero-order valence-corrected chi connectivity index (χ0v) is 16.6. The number of carbonyl (C=O) groups excluding carboxylic acids is 1. The number of aryl methyl sites for hydroxylation is 1. The summed E-state index contributed by atoms with van der Waals surface area (Å²) in [6.07, 6.45) is 0. The Morgan fingerprint density at radius 2 is 1.80 bits per heavy atom. The molecular formula is C17H18BrNO5S. The van der Waals surface area contributed by atoms with E-state index in [0.29, 0.717) is 21.5 Å². The minimum absolute atomic E-state index is 0.102. The van der Waals surface area contributed by atoms with Crippen LogP contribution in [0.4, 0.5) is 5.69 Å². The van der Waals surface area contributed by atoms with Crippen LogP contribution < -0.4 is 9.04 Å². The Morgan fingerprint density at radius 3 is 2.36 bits per heavy atom. The number of hydrogen-bond donors (Lipinski definition) is 0. The molecule has 6 nitrogen and oxygen atoms in total. The fraction of sp³-hybridized carbons (Fsp3) is 0.235. The van der Waals surface area contributed by atoms with Crippen LogP contribution in [0.25, 0.3) is 0 Å². The first kappa shape index (κ1) is 19.3. The van der Waals surface area contributed by atoms with Gasteiger partial charge in [0, 0.05) is 7.05 Å². The number of carbonyl (C=O) groups is 1. The van der Waals surface area contributed by atoms with E-state index in [4.69, 9.17) is 9.47 Å². The van der Waals surface area contributed by atoms with Crippen molar-refractivity contribution in [3.63, 3.8) is 0 Å². The number of benzene rings is 2. The zero-order chi connectivity index (χ0) is 18.8. The number of rotatable bonds is 5. The van der Waals surface area contributed by atoms with Gasteiger partial charge in [0.05, 0.1) is 34.8 Å². The average Bonchev–Trinajstić information content (AvgIpc) is 2.60. The maximum atomic E-state index is 12.9. The fourth-order valence-electron chi connectivity index (χ4n) is 2.29. The normalized spacial score (nSPS) is 11.1. The first-order chi connectivity index (χ1) is 11.7. The van der Waals surface area contributed by atoms with Crippen molar-refractivity contribution in [1.82, 2.24) is 0 Å². The van der Waals surface area contributed by atoms with Crippen LogP contribution in [-0.2, 0) is 14.8 Å². The van der Waals surface area contributed by atoms with Gasteiger partial charge >= 0.3 is 5.97 Å². The Bertz CT molecular complexity index is 911. The van der Waals surface area contributed by atoms with E-state index in [2.05, 4.69) is 15.9 Å². The van der Waals surface area contributed by atoms with Gasteiger partial charge in [-0.3, -0.25) is 4.31 Å². The van der Waals surface area contributed by atoms with Crippen molar-refractivity contribution in [2.45, 2.75) is 11.8 Å². The highest BCUT2D eigenvalue weighted by Crippen LogP contribution is 2.31. The van der Waals surface area contributed by atoms with E-state index in [9.17, 15) is 13.2 Å². The number of hydrogen-bond acceptors (Lipinski definition) is 5. The molecule has 0 aliphatic carbocycles. The molecule has 25 heavy (non-hydrogen) atoms. The second-order valence-electron chi connectivity index (χ2n) is 5.26. The number of methoxy groups -OCH3 is 2. The molecule has 0 heterocycles. The molecule has 0 aliphatic heterocycles. The van der Waals surface area contributed by atoms with Gasteiger partial charge in [0.2, 0.25) is 0 Å². The number of nitrogens with zero attached hydrogens (tertiary/aromatic N) is 1. The van der Waals surface area contributed by atoms with Crippen LogP contribution >= 0.6 is 15.9 Å². The number of anilines is 1. The first-order valence-electron chi connectivity index (χ1n) is 7.23. The van der Waals surface area contributed by atoms with Crippen molar-refractivity contribution in [2.24, 2.45) is 0 Å². The van der Waals surface area contributed by atoms with Gasteiger partial charge in [0.15, 0.2) is 0 Å². The largest absolute Gasteiger partial charge is 0.496 e. The first-order valence-corrected chi connectivity index (χ1v) is 9.47. The summed E-state index contributed by atoms with van der Waals surface area (Å²) < 4.78 is 37.4. The van der Waals surface area contributed by atoms with E-state index in [-0.39, 0.29) is 10.5 Å². The van der Waals surface area contributed by atoms with Gasteiger partial charge in [-0.05, 0) is 58.7 Å². The molecule has 0 amide bonds. The van der Waals surface area contributed by atoms with Crippen LogP contribution in [0, 0.1) is 6.92 Å². The standard InChI is InChI=1S/C17H18BrNO5S/c1-11-5-6-12(17(20)24-4)9-15(11)19(2)25(21,22)13-7-8-16(23-3)14(18)10-13/h5-10H,1-4H3. The average molecular weight is 428 g/mol. The van der Waals surface area contributed by atoms with E-state index in [0.717, 1.165) is 4.31 Å². The lowest BCUT2D eigenvalue weighted by Crippen LogP contribution is -2.27. The third kappa shape index (κ3) is 3.80. The van der Waals surface area contributed by atoms with Crippen molar-refractivity contribution in [3.05, 3.63) is 52.0 Å². The molecule has 0 aliphatic rings. The molecule has 0 unspecified atom stereocenters. The molecule has 134 valence electrons. The van der Waals surface area contributed by atoms with Gasteiger partial charge in [0.25, 0.3) is 10.0 Å². The Balaban J connectivity index is 2.50. The molecule has 0 bridgehead atoms. The van der Waals surface area contributed by atoms with Crippen molar-refractivity contribution in [2.75, 3.05) is 25.6 Å². The minimum Gasteiger partial charge on any atom is -0.496 e. The van der Waals surface area contributed by atoms with Crippen LogP contribution in [0.1, 0.15) is 15.9 Å². The minimum atomic E-state index is -3.82. The lowest BCUT2D eigenvalue weighted by Gasteiger charge is -2.22. The van der Waals surface area contributed by atoms with Gasteiger partial charge in [0.1, 0.15) is 5.75 Å². The Labute approximate surface area is 155 Å². The van der Waals surface area contributed by atoms with E-state index in [1.54, 1.807) is 25.1 Å². The molecule has 2 aromatic carbocycles. The fourth-order valence-corrected chi connectivity index (χ4v) is 4.26. The van der Waals surface area contributed by atoms with Crippen molar-refractivity contribution >= 4 is 37.6 Å². The second-order valence-corrected chi connectivity index (χ2v) is 8.09. The van der Waals surface area contributed by atoms with E-state index in [1.165, 1.54) is 39.5 Å². The highest BCUT2D eigenvalue weighted by Gasteiger charge is 2.24. The highest BCUT2D eigenvalue weighted by molar-refractivity contribution is 9.10. The maximum absolute atomic E-state index is 12.9. The maximum Gasteiger partial charge on any atom is 0.337 e. The molecule has 0 radical (unpaired) electrons. The second kappa shape index (κ2) is 7.45. The summed E-state index contributed by atoms with van der Waals surface area (Å²) in [7, 11) is 0.403. The summed E-state index contributed by atoms with van der Waals surface area (Å²) in [4.78, 5) is 11.8. The summed E-state index contributed by atoms with van der Waals surface area (Å²) >= 11 is 3.29. The van der Waals surface area contributed by atoms with Crippen LogP contribution in [0.2, 0.25) is 0 Å². The zero-order valence-electron chi connectivity index (χ0n) is 14.2. The molecule has 0 fully saturated rings. The third-order valence-electron chi connectivity index (χ3n) is 3.75. The Hall–Kier alpha value is -2.06. The summed E-state index contributed by atoms with van der Waals surface area (Å²) in [5.74, 6) is 0.00436. The molecule has 2 aromatic rings. The van der Waals surface area contributed by atoms with Gasteiger partial charge < -0.3 is 9.47 Å². The van der Waals surface area contributed by atoms with Crippen molar-refractivity contribution < 1.29 is 22.7 Å². The topological polar surface area (TPSA) is 72.9 Å². The quantitative estimate of drug-likeness (QED) is 0.683. The molecule has 0 N–H and O–H groups in total. The lowest BCUT2D eigenvalue weighted by molar-refractivity contribution is 0.0600. The molecule has 0 spiro atoms. The number of sulfonamides is 1. The molecule has 0 atom stereocenters. The smallest absolute Gasteiger partial charge is 0.337 e. The van der Waals surface area contributed by atoms with Crippen LogP contribution in [-0.4, -0.2) is 35.7 Å². The van der Waals surface area contributed by atoms with Crippen LogP contribution in [0.5, 0.6) is 5.75 Å². The number of halogens is 1. The molecule has 0 aromatic heterocycles. The van der Waals surface area contributed by atoms with Gasteiger partial charge in [-0.1, -0.05) is 6.07 Å². The Kier molecular flexibility index (Phi) is 5.74. The van der Waals surface area contributed by atoms with Gasteiger partial charge in [-0.15, -0.1) is 0 Å². The van der Waals surface area contributed by atoms with Crippen molar-refractivity contribution in [3.8, 4) is 5.75 Å². The SMILES string of the molecule is COC(=O)c1ccc(C)c(N(C)S(=O)(=O)c2ccc(OC)c(Br)c2)c1. The monoisotopic (exact) mass is 427 g/mol. The van der Waals surface area contributed by atoms with E-state index in [1.807, 2.05) is 0 Å². The van der Waals surface area contributed by atoms with E-state index < -0.39 is 16.0 Å². The van der Waals surface area contributed by atoms with Gasteiger partial charge in [-0.2, -0.15) is 0 Å². The molecule has 0 saturated heterocycles. The number of esters is 1. The molecular weight excluding hydrogens is 410 g/mol. The van der Waals surface area contributed by atoms with Crippen LogP contribution in [0.3, 0.4) is 0 Å². The predicted octanol–water partition coefficient (Wildman–Crippen LogP) is 3.38. The predicted molar refractivity (Wildman–Crippen MR) is 98.8 cm³/mol. The Morgan fingerprint density at radius 1 is 1.12 bits per heavy atom. The number of ether oxygens (including phenoxy) is 2. The van der Waals surface area contributed by atoms with Gasteiger partial charge in [-0.25, -0.2) is 13.2 Å². The summed E-state index contributed by atoms with van der Waals surface area (Å²) in [6.45, 7) is 1.77. The lowest BCUT2D eigenvalue weighted by atomic mass is 10.1. The van der Waals surface area contributed by atoms with Crippen molar-refractivity contribution in [1.29, 1.82) is 0 Å².